The number of unbranched alkanes of at least 4 members (excludes halogenated alkanes) is 2. The van der Waals surface area contributed by atoms with E-state index in [1.807, 2.05) is 55.5 Å². The van der Waals surface area contributed by atoms with Crippen LogP contribution in [0, 0.1) is 6.92 Å². The SMILES string of the molecule is CCCCCNC(=O)c1c(N)n(N=Cc2ccc(C)cc2)c2nc3ccccc3nc12. The number of para-hydroxylation sites is 2. The van der Waals surface area contributed by atoms with Crippen LogP contribution in [-0.2, 0) is 0 Å². The highest BCUT2D eigenvalue weighted by molar-refractivity contribution is 6.10. The van der Waals surface area contributed by atoms with Crippen LogP contribution in [0.25, 0.3) is 22.2 Å². The minimum atomic E-state index is -0.257. The molecule has 2 aromatic carbocycles. The number of anilines is 1. The number of carbonyl (C=O) groups excluding carboxylic acids is 1. The zero-order valence-corrected chi connectivity index (χ0v) is 17.8. The van der Waals surface area contributed by atoms with Gasteiger partial charge in [-0.25, -0.2) is 9.97 Å². The van der Waals surface area contributed by atoms with Crippen LogP contribution in [-0.4, -0.2) is 33.3 Å². The monoisotopic (exact) mass is 414 g/mol. The topological polar surface area (TPSA) is 98.2 Å². The second-order valence-electron chi connectivity index (χ2n) is 7.57. The molecule has 0 aliphatic heterocycles. The van der Waals surface area contributed by atoms with Crippen molar-refractivity contribution in [3.63, 3.8) is 0 Å². The Balaban J connectivity index is 1.80. The summed E-state index contributed by atoms with van der Waals surface area (Å²) in [5.41, 5.74) is 11.1. The summed E-state index contributed by atoms with van der Waals surface area (Å²) in [5, 5.41) is 7.49. The Morgan fingerprint density at radius 1 is 1.10 bits per heavy atom. The van der Waals surface area contributed by atoms with Gasteiger partial charge in [-0.3, -0.25) is 4.79 Å². The first-order chi connectivity index (χ1) is 15.1. The Morgan fingerprint density at radius 2 is 1.81 bits per heavy atom. The molecule has 2 aromatic heterocycles. The quantitative estimate of drug-likeness (QED) is 0.348. The zero-order chi connectivity index (χ0) is 21.8. The van der Waals surface area contributed by atoms with E-state index in [2.05, 4.69) is 17.3 Å². The van der Waals surface area contributed by atoms with Crippen LogP contribution in [0.3, 0.4) is 0 Å². The number of aryl methyl sites for hydroxylation is 1. The van der Waals surface area contributed by atoms with Crippen LogP contribution in [0.15, 0.2) is 53.6 Å². The number of carbonyl (C=O) groups is 1. The zero-order valence-electron chi connectivity index (χ0n) is 17.8. The second kappa shape index (κ2) is 8.95. The maximum absolute atomic E-state index is 13.0. The van der Waals surface area contributed by atoms with Crippen molar-refractivity contribution in [2.24, 2.45) is 5.10 Å². The van der Waals surface area contributed by atoms with Crippen molar-refractivity contribution >= 4 is 40.1 Å². The third-order valence-electron chi connectivity index (χ3n) is 5.17. The highest BCUT2D eigenvalue weighted by Crippen LogP contribution is 2.27. The third kappa shape index (κ3) is 4.26. The van der Waals surface area contributed by atoms with Crippen molar-refractivity contribution in [2.75, 3.05) is 12.3 Å². The minimum Gasteiger partial charge on any atom is -0.383 e. The standard InChI is InChI=1S/C24H26N6O/c1-3-4-7-14-26-24(31)20-21-23(29-19-9-6-5-8-18(19)28-21)30(22(20)25)27-15-17-12-10-16(2)11-13-17/h5-6,8-13,15H,3-4,7,14,25H2,1-2H3,(H,26,31). The first-order valence-corrected chi connectivity index (χ1v) is 10.5. The van der Waals surface area contributed by atoms with E-state index >= 15 is 0 Å². The molecule has 0 unspecified atom stereocenters. The number of nitrogens with two attached hydrogens (primary N) is 1. The third-order valence-corrected chi connectivity index (χ3v) is 5.17. The minimum absolute atomic E-state index is 0.224. The molecule has 0 atom stereocenters. The van der Waals surface area contributed by atoms with Crippen molar-refractivity contribution in [2.45, 2.75) is 33.1 Å². The molecular weight excluding hydrogens is 388 g/mol. The van der Waals surface area contributed by atoms with E-state index in [1.165, 1.54) is 10.2 Å². The molecule has 0 saturated heterocycles. The van der Waals surface area contributed by atoms with Crippen LogP contribution in [0.5, 0.6) is 0 Å². The van der Waals surface area contributed by atoms with E-state index in [0.717, 1.165) is 24.8 Å². The summed E-state index contributed by atoms with van der Waals surface area (Å²) in [7, 11) is 0. The van der Waals surface area contributed by atoms with Gasteiger partial charge >= 0.3 is 0 Å². The van der Waals surface area contributed by atoms with Crippen LogP contribution >= 0.6 is 0 Å². The Morgan fingerprint density at radius 3 is 2.52 bits per heavy atom. The Labute approximate surface area is 181 Å². The van der Waals surface area contributed by atoms with Gasteiger partial charge in [-0.2, -0.15) is 9.78 Å². The number of fused-ring (bicyclic) bond motifs is 2. The largest absolute Gasteiger partial charge is 0.383 e. The van der Waals surface area contributed by atoms with Gasteiger partial charge in [-0.1, -0.05) is 61.7 Å². The fourth-order valence-electron chi connectivity index (χ4n) is 3.43. The first kappa shape index (κ1) is 20.5. The summed E-state index contributed by atoms with van der Waals surface area (Å²) in [6.07, 6.45) is 4.77. The van der Waals surface area contributed by atoms with Gasteiger partial charge in [0.1, 0.15) is 16.9 Å². The van der Waals surface area contributed by atoms with E-state index in [1.54, 1.807) is 6.21 Å². The summed E-state index contributed by atoms with van der Waals surface area (Å²) in [6, 6.07) is 15.5. The molecule has 4 aromatic rings. The average Bonchev–Trinajstić information content (AvgIpc) is 3.05. The average molecular weight is 415 g/mol. The van der Waals surface area contributed by atoms with E-state index in [0.29, 0.717) is 34.3 Å². The molecule has 1 amide bonds. The number of aromatic nitrogens is 3. The number of hydrogen-bond acceptors (Lipinski definition) is 5. The van der Waals surface area contributed by atoms with Crippen molar-refractivity contribution < 1.29 is 4.79 Å². The van der Waals surface area contributed by atoms with Crippen molar-refractivity contribution in [3.05, 3.63) is 65.2 Å². The number of nitrogens with zero attached hydrogens (tertiary/aromatic N) is 4. The van der Waals surface area contributed by atoms with Crippen LogP contribution in [0.1, 0.15) is 47.7 Å². The number of hydrogen-bond donors (Lipinski definition) is 2. The molecule has 0 bridgehead atoms. The normalized spacial score (nSPS) is 11.5. The van der Waals surface area contributed by atoms with Crippen molar-refractivity contribution in [1.29, 1.82) is 0 Å². The molecule has 4 rings (SSSR count). The molecule has 0 aliphatic rings. The second-order valence-corrected chi connectivity index (χ2v) is 7.57. The molecule has 0 radical (unpaired) electrons. The molecule has 0 saturated carbocycles. The van der Waals surface area contributed by atoms with Gasteiger partial charge in [0.05, 0.1) is 17.2 Å². The molecule has 0 fully saturated rings. The fraction of sp³-hybridized carbons (Fsp3) is 0.250. The van der Waals surface area contributed by atoms with Gasteiger partial charge in [0.2, 0.25) is 0 Å². The van der Waals surface area contributed by atoms with E-state index in [-0.39, 0.29) is 11.7 Å². The van der Waals surface area contributed by atoms with Crippen LogP contribution in [0.4, 0.5) is 5.82 Å². The molecule has 7 nitrogen and oxygen atoms in total. The van der Waals surface area contributed by atoms with Crippen LogP contribution in [0.2, 0.25) is 0 Å². The van der Waals surface area contributed by atoms with Crippen LogP contribution < -0.4 is 11.1 Å². The molecule has 31 heavy (non-hydrogen) atoms. The first-order valence-electron chi connectivity index (χ1n) is 10.5. The number of rotatable bonds is 7. The Bertz CT molecular complexity index is 1260. The lowest BCUT2D eigenvalue weighted by atomic mass is 10.2. The smallest absolute Gasteiger partial charge is 0.257 e. The summed E-state index contributed by atoms with van der Waals surface area (Å²) in [5.74, 6) is -0.0332. The van der Waals surface area contributed by atoms with Gasteiger partial charge in [-0.05, 0) is 31.0 Å². The van der Waals surface area contributed by atoms with Gasteiger partial charge < -0.3 is 11.1 Å². The molecule has 0 spiro atoms. The van der Waals surface area contributed by atoms with Gasteiger partial charge in [-0.15, -0.1) is 0 Å². The summed E-state index contributed by atoms with van der Waals surface area (Å²) >= 11 is 0. The fourth-order valence-corrected chi connectivity index (χ4v) is 3.43. The van der Waals surface area contributed by atoms with E-state index in [9.17, 15) is 4.79 Å². The number of amides is 1. The molecule has 0 aliphatic carbocycles. The van der Waals surface area contributed by atoms with E-state index < -0.39 is 0 Å². The lowest BCUT2D eigenvalue weighted by Crippen LogP contribution is -2.25. The lowest BCUT2D eigenvalue weighted by Gasteiger charge is -2.05. The number of nitrogens with one attached hydrogen (secondary N) is 1. The Kier molecular flexibility index (Phi) is 5.93. The van der Waals surface area contributed by atoms with Crippen molar-refractivity contribution in [3.8, 4) is 0 Å². The highest BCUT2D eigenvalue weighted by atomic mass is 16.1. The Hall–Kier alpha value is -3.74. The maximum atomic E-state index is 13.0. The molecule has 7 heteroatoms. The number of benzene rings is 2. The highest BCUT2D eigenvalue weighted by Gasteiger charge is 2.23. The van der Waals surface area contributed by atoms with Gasteiger partial charge in [0.25, 0.3) is 5.91 Å². The maximum Gasteiger partial charge on any atom is 0.257 e. The van der Waals surface area contributed by atoms with Gasteiger partial charge in [0.15, 0.2) is 5.65 Å². The predicted octanol–water partition coefficient (Wildman–Crippen LogP) is 4.28. The summed E-state index contributed by atoms with van der Waals surface area (Å²) in [4.78, 5) is 22.4. The summed E-state index contributed by atoms with van der Waals surface area (Å²) < 4.78 is 1.50. The molecule has 2 heterocycles. The molecule has 3 N–H and O–H groups in total. The predicted molar refractivity (Wildman–Crippen MR) is 125 cm³/mol. The van der Waals surface area contributed by atoms with Crippen molar-refractivity contribution in [1.82, 2.24) is 20.0 Å². The molecule has 158 valence electrons. The number of nitrogen functional groups attached to an aromatic ring is 1. The van der Waals surface area contributed by atoms with E-state index in [4.69, 9.17) is 15.7 Å². The molecular formula is C24H26N6O. The van der Waals surface area contributed by atoms with Gasteiger partial charge in [0, 0.05) is 6.54 Å². The summed E-state index contributed by atoms with van der Waals surface area (Å²) in [6.45, 7) is 4.75. The lowest BCUT2D eigenvalue weighted by molar-refractivity contribution is 0.0955.